The second kappa shape index (κ2) is 7.33. The molecule has 0 aliphatic rings. The second-order valence-electron chi connectivity index (χ2n) is 2.58. The summed E-state index contributed by atoms with van der Waals surface area (Å²) in [6.45, 7) is 10.3. The van der Waals surface area contributed by atoms with E-state index in [9.17, 15) is 4.79 Å². The lowest BCUT2D eigenvalue weighted by molar-refractivity contribution is -0.131. The SMILES string of the molecule is C=CC(=O)O.C=Cc1ccccc1C=C. The summed E-state index contributed by atoms with van der Waals surface area (Å²) >= 11 is 0. The molecule has 0 spiro atoms. The van der Waals surface area contributed by atoms with E-state index in [1.807, 2.05) is 36.4 Å². The molecule has 1 aromatic carbocycles. The lowest BCUT2D eigenvalue weighted by Gasteiger charge is -1.96. The molecule has 1 N–H and O–H groups in total. The van der Waals surface area contributed by atoms with Gasteiger partial charge < -0.3 is 5.11 Å². The van der Waals surface area contributed by atoms with Gasteiger partial charge >= 0.3 is 5.97 Å². The first-order chi connectivity index (χ1) is 7.15. The largest absolute Gasteiger partial charge is 0.478 e. The van der Waals surface area contributed by atoms with E-state index in [1.54, 1.807) is 0 Å². The zero-order valence-corrected chi connectivity index (χ0v) is 8.52. The Labute approximate surface area is 89.9 Å². The first kappa shape index (κ1) is 12.9. The summed E-state index contributed by atoms with van der Waals surface area (Å²) in [5, 5.41) is 7.60. The Kier molecular flexibility index (Phi) is 6.31. The standard InChI is InChI=1S/C10H10.C3H4O2/c1-3-9-7-5-6-8-10(9)4-2;1-2-3(4)5/h3-8H,1-2H2;2H,1H2,(H,4,5). The molecule has 0 amide bonds. The predicted molar refractivity (Wildman–Crippen MR) is 64.5 cm³/mol. The highest BCUT2D eigenvalue weighted by Crippen LogP contribution is 2.10. The van der Waals surface area contributed by atoms with Gasteiger partial charge in [-0.2, -0.15) is 0 Å². The van der Waals surface area contributed by atoms with E-state index >= 15 is 0 Å². The van der Waals surface area contributed by atoms with Crippen LogP contribution >= 0.6 is 0 Å². The molecule has 1 aromatic rings. The van der Waals surface area contributed by atoms with E-state index in [-0.39, 0.29) is 0 Å². The molecule has 0 aliphatic carbocycles. The van der Waals surface area contributed by atoms with Crippen molar-refractivity contribution >= 4 is 18.1 Å². The van der Waals surface area contributed by atoms with Gasteiger partial charge in [0, 0.05) is 6.08 Å². The molecule has 0 bridgehead atoms. The number of carbonyl (C=O) groups is 1. The Balaban J connectivity index is 0.000000336. The van der Waals surface area contributed by atoms with Crippen LogP contribution in [0.1, 0.15) is 11.1 Å². The van der Waals surface area contributed by atoms with Gasteiger partial charge in [0.1, 0.15) is 0 Å². The minimum Gasteiger partial charge on any atom is -0.478 e. The molecule has 0 radical (unpaired) electrons. The van der Waals surface area contributed by atoms with Crippen molar-refractivity contribution in [2.24, 2.45) is 0 Å². The van der Waals surface area contributed by atoms with Gasteiger partial charge in [0.05, 0.1) is 0 Å². The van der Waals surface area contributed by atoms with Gasteiger partial charge in [-0.1, -0.05) is 56.2 Å². The lowest BCUT2D eigenvalue weighted by Crippen LogP contribution is -1.82. The van der Waals surface area contributed by atoms with E-state index in [0.717, 1.165) is 17.2 Å². The van der Waals surface area contributed by atoms with E-state index in [1.165, 1.54) is 0 Å². The first-order valence-corrected chi connectivity index (χ1v) is 4.35. The van der Waals surface area contributed by atoms with Crippen LogP contribution in [0.25, 0.3) is 12.2 Å². The lowest BCUT2D eigenvalue weighted by atomic mass is 10.1. The molecule has 0 aliphatic heterocycles. The highest BCUT2D eigenvalue weighted by atomic mass is 16.4. The summed E-state index contributed by atoms with van der Waals surface area (Å²) in [4.78, 5) is 9.25. The van der Waals surface area contributed by atoms with Crippen LogP contribution in [0.4, 0.5) is 0 Å². The summed E-state index contributed by atoms with van der Waals surface area (Å²) in [5.41, 5.74) is 2.27. The minimum absolute atomic E-state index is 0.833. The highest BCUT2D eigenvalue weighted by molar-refractivity contribution is 5.78. The summed E-state index contributed by atoms with van der Waals surface area (Å²) in [6, 6.07) is 8.02. The molecular formula is C13H14O2. The van der Waals surface area contributed by atoms with Gasteiger partial charge in [-0.05, 0) is 11.1 Å². The summed E-state index contributed by atoms with van der Waals surface area (Å²) < 4.78 is 0. The maximum atomic E-state index is 9.25. The topological polar surface area (TPSA) is 37.3 Å². The summed E-state index contributed by atoms with van der Waals surface area (Å²) in [6.07, 6.45) is 4.49. The van der Waals surface area contributed by atoms with E-state index in [4.69, 9.17) is 5.11 Å². The molecule has 0 aromatic heterocycles. The van der Waals surface area contributed by atoms with Crippen LogP contribution in [-0.4, -0.2) is 11.1 Å². The van der Waals surface area contributed by atoms with E-state index in [2.05, 4.69) is 19.7 Å². The fourth-order valence-electron chi connectivity index (χ4n) is 0.883. The van der Waals surface area contributed by atoms with Gasteiger partial charge in [0.15, 0.2) is 0 Å². The smallest absolute Gasteiger partial charge is 0.327 e. The van der Waals surface area contributed by atoms with Crippen molar-refractivity contribution in [3.05, 3.63) is 61.2 Å². The monoisotopic (exact) mass is 202 g/mol. The molecule has 0 atom stereocenters. The molecule has 1 rings (SSSR count). The zero-order chi connectivity index (χ0) is 11.7. The van der Waals surface area contributed by atoms with Crippen molar-refractivity contribution in [2.45, 2.75) is 0 Å². The molecule has 0 unspecified atom stereocenters. The maximum absolute atomic E-state index is 9.25. The van der Waals surface area contributed by atoms with Crippen LogP contribution in [0.15, 0.2) is 50.1 Å². The Morgan fingerprint density at radius 1 is 1.07 bits per heavy atom. The first-order valence-electron chi connectivity index (χ1n) is 4.35. The van der Waals surface area contributed by atoms with Crippen molar-refractivity contribution in [1.29, 1.82) is 0 Å². The molecule has 0 saturated carbocycles. The van der Waals surface area contributed by atoms with Crippen molar-refractivity contribution in [2.75, 3.05) is 0 Å². The molecule has 0 saturated heterocycles. The molecule has 0 heterocycles. The predicted octanol–water partition coefficient (Wildman–Crippen LogP) is 3.23. The van der Waals surface area contributed by atoms with Crippen molar-refractivity contribution in [1.82, 2.24) is 0 Å². The molecular weight excluding hydrogens is 188 g/mol. The quantitative estimate of drug-likeness (QED) is 0.764. The van der Waals surface area contributed by atoms with Crippen LogP contribution in [0.5, 0.6) is 0 Å². The molecule has 2 nitrogen and oxygen atoms in total. The highest BCUT2D eigenvalue weighted by Gasteiger charge is 1.89. The minimum atomic E-state index is -0.981. The number of hydrogen-bond donors (Lipinski definition) is 1. The van der Waals surface area contributed by atoms with Crippen LogP contribution in [0.3, 0.4) is 0 Å². The Morgan fingerprint density at radius 2 is 1.40 bits per heavy atom. The van der Waals surface area contributed by atoms with E-state index in [0.29, 0.717) is 0 Å². The Morgan fingerprint density at radius 3 is 1.60 bits per heavy atom. The number of aliphatic carboxylic acids is 1. The van der Waals surface area contributed by atoms with Gasteiger partial charge in [0.25, 0.3) is 0 Å². The third-order valence-corrected chi connectivity index (χ3v) is 1.61. The number of rotatable bonds is 3. The van der Waals surface area contributed by atoms with Crippen molar-refractivity contribution in [3.63, 3.8) is 0 Å². The summed E-state index contributed by atoms with van der Waals surface area (Å²) in [5.74, 6) is -0.981. The van der Waals surface area contributed by atoms with Crippen LogP contribution in [0, 0.1) is 0 Å². The number of benzene rings is 1. The van der Waals surface area contributed by atoms with Gasteiger partial charge in [-0.25, -0.2) is 4.79 Å². The van der Waals surface area contributed by atoms with E-state index < -0.39 is 5.97 Å². The zero-order valence-electron chi connectivity index (χ0n) is 8.52. The van der Waals surface area contributed by atoms with Crippen LogP contribution in [-0.2, 0) is 4.79 Å². The van der Waals surface area contributed by atoms with Crippen LogP contribution in [0.2, 0.25) is 0 Å². The third-order valence-electron chi connectivity index (χ3n) is 1.61. The third kappa shape index (κ3) is 5.26. The number of carboxylic acids is 1. The fraction of sp³-hybridized carbons (Fsp3) is 0. The number of carboxylic acid groups (broad SMARTS) is 1. The average Bonchev–Trinajstić information content (AvgIpc) is 2.29. The number of hydrogen-bond acceptors (Lipinski definition) is 1. The van der Waals surface area contributed by atoms with Crippen LogP contribution < -0.4 is 0 Å². The molecule has 78 valence electrons. The molecule has 2 heteroatoms. The van der Waals surface area contributed by atoms with Gasteiger partial charge in [0.2, 0.25) is 0 Å². The molecule has 15 heavy (non-hydrogen) atoms. The van der Waals surface area contributed by atoms with Crippen molar-refractivity contribution < 1.29 is 9.90 Å². The van der Waals surface area contributed by atoms with Crippen molar-refractivity contribution in [3.8, 4) is 0 Å². The van der Waals surface area contributed by atoms with Gasteiger partial charge in [-0.15, -0.1) is 0 Å². The average molecular weight is 202 g/mol. The summed E-state index contributed by atoms with van der Waals surface area (Å²) in [7, 11) is 0. The fourth-order valence-corrected chi connectivity index (χ4v) is 0.883. The Hall–Kier alpha value is -2.09. The second-order valence-corrected chi connectivity index (χ2v) is 2.58. The van der Waals surface area contributed by atoms with Gasteiger partial charge in [-0.3, -0.25) is 0 Å². The Bertz CT molecular complexity index is 338. The molecule has 0 fully saturated rings. The maximum Gasteiger partial charge on any atom is 0.327 e. The normalized spacial score (nSPS) is 8.00.